The van der Waals surface area contributed by atoms with Crippen molar-refractivity contribution in [1.29, 1.82) is 0 Å². The first-order valence-electron chi connectivity index (χ1n) is 5.31. The van der Waals surface area contributed by atoms with Crippen molar-refractivity contribution in [1.82, 2.24) is 0 Å². The fourth-order valence-corrected chi connectivity index (χ4v) is 1.90. The molecule has 1 aromatic carbocycles. The summed E-state index contributed by atoms with van der Waals surface area (Å²) in [5.74, 6) is 0.165. The molecule has 0 aromatic heterocycles. The van der Waals surface area contributed by atoms with Crippen molar-refractivity contribution >= 4 is 5.69 Å². The zero-order valence-electron chi connectivity index (χ0n) is 8.76. The molecule has 0 unspecified atom stereocenters. The summed E-state index contributed by atoms with van der Waals surface area (Å²) in [5, 5.41) is 20.1. The first-order valence-corrected chi connectivity index (χ1v) is 5.31. The molecule has 1 aromatic rings. The van der Waals surface area contributed by atoms with Gasteiger partial charge in [-0.05, 0) is 31.7 Å². The number of nitro benzene ring substituents is 1. The molecule has 0 atom stereocenters. The molecule has 1 fully saturated rings. The summed E-state index contributed by atoms with van der Waals surface area (Å²) < 4.78 is 5.54. The number of nitro groups is 1. The summed E-state index contributed by atoms with van der Waals surface area (Å²) in [6.07, 6.45) is 4.19. The number of phenols is 1. The van der Waals surface area contributed by atoms with Crippen LogP contribution in [-0.4, -0.2) is 16.1 Å². The fourth-order valence-electron chi connectivity index (χ4n) is 1.90. The Labute approximate surface area is 92.8 Å². The van der Waals surface area contributed by atoms with Crippen LogP contribution in [0.2, 0.25) is 0 Å². The van der Waals surface area contributed by atoms with Gasteiger partial charge in [0.05, 0.1) is 17.1 Å². The highest BCUT2D eigenvalue weighted by molar-refractivity contribution is 5.47. The largest absolute Gasteiger partial charge is 0.504 e. The van der Waals surface area contributed by atoms with Crippen LogP contribution in [0.4, 0.5) is 5.69 Å². The molecule has 2 rings (SSSR count). The maximum Gasteiger partial charge on any atom is 0.273 e. The highest BCUT2D eigenvalue weighted by Crippen LogP contribution is 2.33. The van der Waals surface area contributed by atoms with E-state index in [1.807, 2.05) is 0 Å². The van der Waals surface area contributed by atoms with Gasteiger partial charge in [0.1, 0.15) is 0 Å². The van der Waals surface area contributed by atoms with Crippen LogP contribution in [0.25, 0.3) is 0 Å². The molecule has 5 heteroatoms. The van der Waals surface area contributed by atoms with Gasteiger partial charge in [-0.25, -0.2) is 0 Å². The standard InChI is InChI=1S/C11H13NO4/c13-10-6-5-8(12(14)15)7-11(10)16-9-3-1-2-4-9/h5-7,9,13H,1-4H2. The molecule has 1 N–H and O–H groups in total. The fraction of sp³-hybridized carbons (Fsp3) is 0.455. The lowest BCUT2D eigenvalue weighted by Gasteiger charge is -2.13. The first kappa shape index (κ1) is 10.7. The minimum atomic E-state index is -0.499. The second-order valence-corrected chi connectivity index (χ2v) is 3.93. The van der Waals surface area contributed by atoms with Gasteiger partial charge in [0, 0.05) is 6.07 Å². The Kier molecular flexibility index (Phi) is 2.94. The van der Waals surface area contributed by atoms with E-state index in [9.17, 15) is 15.2 Å². The Morgan fingerprint density at radius 3 is 2.69 bits per heavy atom. The van der Waals surface area contributed by atoms with Gasteiger partial charge in [-0.1, -0.05) is 0 Å². The molecule has 5 nitrogen and oxygen atoms in total. The van der Waals surface area contributed by atoms with Crippen molar-refractivity contribution < 1.29 is 14.8 Å². The molecule has 0 amide bonds. The lowest BCUT2D eigenvalue weighted by Crippen LogP contribution is -2.11. The highest BCUT2D eigenvalue weighted by atomic mass is 16.6. The molecule has 0 radical (unpaired) electrons. The van der Waals surface area contributed by atoms with Crippen LogP contribution in [0.15, 0.2) is 18.2 Å². The van der Waals surface area contributed by atoms with E-state index in [4.69, 9.17) is 4.74 Å². The summed E-state index contributed by atoms with van der Waals surface area (Å²) in [6, 6.07) is 3.83. The van der Waals surface area contributed by atoms with Crippen LogP contribution in [0.3, 0.4) is 0 Å². The van der Waals surface area contributed by atoms with Crippen LogP contribution in [0.5, 0.6) is 11.5 Å². The van der Waals surface area contributed by atoms with E-state index in [0.29, 0.717) is 0 Å². The number of phenolic OH excluding ortho intramolecular Hbond substituents is 1. The number of hydrogen-bond acceptors (Lipinski definition) is 4. The quantitative estimate of drug-likeness (QED) is 0.631. The molecule has 1 aliphatic rings. The minimum absolute atomic E-state index is 0.0440. The van der Waals surface area contributed by atoms with Crippen molar-refractivity contribution in [2.75, 3.05) is 0 Å². The van der Waals surface area contributed by atoms with Crippen LogP contribution >= 0.6 is 0 Å². The van der Waals surface area contributed by atoms with Crippen molar-refractivity contribution in [2.24, 2.45) is 0 Å². The van der Waals surface area contributed by atoms with E-state index in [2.05, 4.69) is 0 Å². The van der Waals surface area contributed by atoms with E-state index >= 15 is 0 Å². The summed E-state index contributed by atoms with van der Waals surface area (Å²) in [6.45, 7) is 0. The van der Waals surface area contributed by atoms with E-state index in [-0.39, 0.29) is 23.3 Å². The zero-order valence-corrected chi connectivity index (χ0v) is 8.76. The summed E-state index contributed by atoms with van der Waals surface area (Å²) in [4.78, 5) is 10.1. The zero-order chi connectivity index (χ0) is 11.5. The molecular formula is C11H13NO4. The van der Waals surface area contributed by atoms with E-state index in [1.54, 1.807) is 0 Å². The number of aromatic hydroxyl groups is 1. The van der Waals surface area contributed by atoms with Gasteiger partial charge in [-0.2, -0.15) is 0 Å². The average molecular weight is 223 g/mol. The normalized spacial score (nSPS) is 16.2. The number of benzene rings is 1. The smallest absolute Gasteiger partial charge is 0.273 e. The lowest BCUT2D eigenvalue weighted by atomic mass is 10.2. The minimum Gasteiger partial charge on any atom is -0.504 e. The van der Waals surface area contributed by atoms with Crippen molar-refractivity contribution in [3.05, 3.63) is 28.3 Å². The molecule has 1 saturated carbocycles. The van der Waals surface area contributed by atoms with E-state index in [0.717, 1.165) is 25.7 Å². The van der Waals surface area contributed by atoms with Crippen LogP contribution in [0.1, 0.15) is 25.7 Å². The second kappa shape index (κ2) is 4.38. The van der Waals surface area contributed by atoms with Crippen molar-refractivity contribution in [3.63, 3.8) is 0 Å². The predicted molar refractivity (Wildman–Crippen MR) is 57.6 cm³/mol. The Bertz CT molecular complexity index is 399. The maximum atomic E-state index is 10.6. The predicted octanol–water partition coefficient (Wildman–Crippen LogP) is 2.62. The Hall–Kier alpha value is -1.78. The van der Waals surface area contributed by atoms with Gasteiger partial charge in [-0.3, -0.25) is 10.1 Å². The summed E-state index contributed by atoms with van der Waals surface area (Å²) in [7, 11) is 0. The lowest BCUT2D eigenvalue weighted by molar-refractivity contribution is -0.385. The Morgan fingerprint density at radius 1 is 1.38 bits per heavy atom. The SMILES string of the molecule is O=[N+]([O-])c1ccc(O)c(OC2CCCC2)c1. The molecular weight excluding hydrogens is 210 g/mol. The van der Waals surface area contributed by atoms with Gasteiger partial charge >= 0.3 is 0 Å². The van der Waals surface area contributed by atoms with Crippen LogP contribution < -0.4 is 4.74 Å². The van der Waals surface area contributed by atoms with Crippen LogP contribution in [-0.2, 0) is 0 Å². The van der Waals surface area contributed by atoms with Crippen LogP contribution in [0, 0.1) is 10.1 Å². The number of rotatable bonds is 3. The Morgan fingerprint density at radius 2 is 2.06 bits per heavy atom. The maximum absolute atomic E-state index is 10.6. The number of nitrogens with zero attached hydrogens (tertiary/aromatic N) is 1. The van der Waals surface area contributed by atoms with Gasteiger partial charge in [0.15, 0.2) is 11.5 Å². The van der Waals surface area contributed by atoms with Gasteiger partial charge in [0.2, 0.25) is 0 Å². The second-order valence-electron chi connectivity index (χ2n) is 3.93. The number of hydrogen-bond donors (Lipinski definition) is 1. The Balaban J connectivity index is 2.17. The van der Waals surface area contributed by atoms with Gasteiger partial charge < -0.3 is 9.84 Å². The highest BCUT2D eigenvalue weighted by Gasteiger charge is 2.19. The molecule has 16 heavy (non-hydrogen) atoms. The van der Waals surface area contributed by atoms with Crippen molar-refractivity contribution in [3.8, 4) is 11.5 Å². The third kappa shape index (κ3) is 2.24. The number of ether oxygens (including phenoxy) is 1. The average Bonchev–Trinajstić information content (AvgIpc) is 2.73. The monoisotopic (exact) mass is 223 g/mol. The molecule has 0 heterocycles. The van der Waals surface area contributed by atoms with Gasteiger partial charge in [0.25, 0.3) is 5.69 Å². The summed E-state index contributed by atoms with van der Waals surface area (Å²) >= 11 is 0. The topological polar surface area (TPSA) is 72.6 Å². The van der Waals surface area contributed by atoms with Crippen molar-refractivity contribution in [2.45, 2.75) is 31.8 Å². The number of non-ortho nitro benzene ring substituents is 1. The van der Waals surface area contributed by atoms with E-state index in [1.165, 1.54) is 18.2 Å². The summed E-state index contributed by atoms with van der Waals surface area (Å²) in [5.41, 5.74) is -0.0641. The molecule has 1 aliphatic carbocycles. The van der Waals surface area contributed by atoms with E-state index < -0.39 is 4.92 Å². The third-order valence-corrected chi connectivity index (χ3v) is 2.75. The third-order valence-electron chi connectivity index (χ3n) is 2.75. The first-order chi connectivity index (χ1) is 7.66. The molecule has 0 aliphatic heterocycles. The van der Waals surface area contributed by atoms with Gasteiger partial charge in [-0.15, -0.1) is 0 Å². The molecule has 86 valence electrons. The molecule has 0 bridgehead atoms. The molecule has 0 spiro atoms. The molecule has 0 saturated heterocycles.